The molecule has 3 aromatic rings. The number of fused-ring (bicyclic) bond motifs is 1. The molecule has 1 aliphatic heterocycles. The number of amides is 1. The lowest BCUT2D eigenvalue weighted by atomic mass is 9.97. The molecule has 1 fully saturated rings. The topological polar surface area (TPSA) is 159 Å². The predicted molar refractivity (Wildman–Crippen MR) is 139 cm³/mol. The number of anilines is 2. The average molecular weight is 566 g/mol. The molecule has 0 bridgehead atoms. The fraction of sp³-hybridized carbons (Fsp3) is 0.320. The second kappa shape index (κ2) is 11.7. The van der Waals surface area contributed by atoms with E-state index in [4.69, 9.17) is 37.4 Å². The van der Waals surface area contributed by atoms with Gasteiger partial charge in [0.15, 0.2) is 0 Å². The van der Waals surface area contributed by atoms with Gasteiger partial charge in [0.05, 0.1) is 35.0 Å². The lowest BCUT2D eigenvalue weighted by molar-refractivity contribution is -0.244. The molecule has 1 aliphatic rings. The van der Waals surface area contributed by atoms with Crippen molar-refractivity contribution in [2.75, 3.05) is 19.0 Å². The highest BCUT2D eigenvalue weighted by Gasteiger charge is 2.46. The summed E-state index contributed by atoms with van der Waals surface area (Å²) < 4.78 is 16.5. The molecule has 11 nitrogen and oxygen atoms in total. The summed E-state index contributed by atoms with van der Waals surface area (Å²) in [6, 6.07) is 8.69. The third kappa shape index (κ3) is 5.63. The van der Waals surface area contributed by atoms with E-state index in [1.165, 1.54) is 20.2 Å². The van der Waals surface area contributed by atoms with Gasteiger partial charge in [0.25, 0.3) is 0 Å². The van der Waals surface area contributed by atoms with Crippen molar-refractivity contribution in [2.45, 2.75) is 37.6 Å². The molecule has 1 amide bonds. The van der Waals surface area contributed by atoms with Crippen LogP contribution in [-0.4, -0.2) is 76.5 Å². The molecule has 1 aromatic heterocycles. The number of hydrogen-bond acceptors (Lipinski definition) is 10. The van der Waals surface area contributed by atoms with Crippen LogP contribution in [-0.2, 0) is 14.3 Å². The Kier molecular flexibility index (Phi) is 8.56. The van der Waals surface area contributed by atoms with Crippen molar-refractivity contribution in [1.82, 2.24) is 10.3 Å². The number of carbonyl (C=O) groups is 2. The average Bonchev–Trinajstić information content (AvgIpc) is 2.90. The van der Waals surface area contributed by atoms with E-state index >= 15 is 0 Å². The second-order valence-corrected chi connectivity index (χ2v) is 9.28. The molecule has 1 saturated heterocycles. The number of aliphatic hydroxyl groups is 3. The van der Waals surface area contributed by atoms with Gasteiger partial charge in [0.2, 0.25) is 12.2 Å². The monoisotopic (exact) mass is 565 g/mol. The number of ether oxygens (including phenoxy) is 3. The van der Waals surface area contributed by atoms with Crippen LogP contribution in [0.15, 0.2) is 42.6 Å². The fourth-order valence-electron chi connectivity index (χ4n) is 4.10. The van der Waals surface area contributed by atoms with Gasteiger partial charge in [-0.15, -0.1) is 0 Å². The Labute approximate surface area is 227 Å². The first-order chi connectivity index (χ1) is 18.1. The number of hydrogen-bond donors (Lipinski definition) is 5. The minimum atomic E-state index is -1.46. The lowest BCUT2D eigenvalue weighted by Gasteiger charge is -2.42. The van der Waals surface area contributed by atoms with Gasteiger partial charge in [0, 0.05) is 30.3 Å². The lowest BCUT2D eigenvalue weighted by Crippen LogP contribution is -2.65. The molecule has 5 N–H and O–H groups in total. The van der Waals surface area contributed by atoms with E-state index in [1.54, 1.807) is 36.4 Å². The zero-order chi connectivity index (χ0) is 27.6. The molecule has 0 spiro atoms. The Bertz CT molecular complexity index is 1360. The number of benzene rings is 2. The number of esters is 1. The Hall–Kier alpha value is -3.19. The van der Waals surface area contributed by atoms with Crippen LogP contribution in [0.25, 0.3) is 10.9 Å². The zero-order valence-corrected chi connectivity index (χ0v) is 21.7. The van der Waals surface area contributed by atoms with Gasteiger partial charge in [-0.05, 0) is 24.3 Å². The molecule has 2 heterocycles. The van der Waals surface area contributed by atoms with Crippen LogP contribution >= 0.6 is 23.2 Å². The summed E-state index contributed by atoms with van der Waals surface area (Å²) in [7, 11) is 1.25. The van der Waals surface area contributed by atoms with E-state index in [0.717, 1.165) is 0 Å². The van der Waals surface area contributed by atoms with Crippen LogP contribution < -0.4 is 15.4 Å². The summed E-state index contributed by atoms with van der Waals surface area (Å²) in [6.07, 6.45) is -3.95. The normalized spacial score (nSPS) is 23.1. The first-order valence-corrected chi connectivity index (χ1v) is 12.2. The highest BCUT2D eigenvalue weighted by atomic mass is 35.5. The summed E-state index contributed by atoms with van der Waals surface area (Å²) in [5.74, 6) is -0.846. The van der Waals surface area contributed by atoms with Crippen molar-refractivity contribution in [3.8, 4) is 5.75 Å². The van der Waals surface area contributed by atoms with E-state index in [0.29, 0.717) is 27.3 Å². The number of carbonyl (C=O) groups excluding carboxylic acids is 2. The van der Waals surface area contributed by atoms with Crippen LogP contribution in [0.1, 0.15) is 17.3 Å². The maximum absolute atomic E-state index is 12.5. The summed E-state index contributed by atoms with van der Waals surface area (Å²) in [5.41, 5.74) is 1.37. The maximum Gasteiger partial charge on any atom is 0.341 e. The standard InChI is InChI=1S/C25H25Cl2N3O8/c1-11(32)29-21-23(34)22(33)17(10-31)38-25(21)37-13-5-3-4-12(8-13)30-19-14-6-7-16(26)18(27)20(14)28-9-15(19)24(35)36-2/h3-9,17,21-23,25,31,33-34H,10H2,1-2H3,(H,28,30)(H,29,32)/t17-,21-,22+,23+,25-/m1/s1. The number of rotatable bonds is 7. The molecule has 0 aliphatic carbocycles. The Morgan fingerprint density at radius 1 is 1.16 bits per heavy atom. The molecule has 0 saturated carbocycles. The number of pyridine rings is 1. The second-order valence-electron chi connectivity index (χ2n) is 8.50. The number of methoxy groups -OCH3 is 1. The number of aromatic nitrogens is 1. The molecule has 4 rings (SSSR count). The molecule has 202 valence electrons. The number of aliphatic hydroxyl groups excluding tert-OH is 3. The summed E-state index contributed by atoms with van der Waals surface area (Å²) in [6.45, 7) is 0.667. The molecule has 13 heteroatoms. The number of nitrogens with one attached hydrogen (secondary N) is 2. The Morgan fingerprint density at radius 2 is 1.92 bits per heavy atom. The zero-order valence-electron chi connectivity index (χ0n) is 20.2. The van der Waals surface area contributed by atoms with Crippen LogP contribution in [0.5, 0.6) is 5.75 Å². The quantitative estimate of drug-likeness (QED) is 0.269. The molecule has 0 unspecified atom stereocenters. The van der Waals surface area contributed by atoms with E-state index < -0.39 is 49.1 Å². The van der Waals surface area contributed by atoms with Gasteiger partial charge in [-0.25, -0.2) is 4.79 Å². The van der Waals surface area contributed by atoms with Crippen molar-refractivity contribution in [1.29, 1.82) is 0 Å². The van der Waals surface area contributed by atoms with Crippen molar-refractivity contribution in [2.24, 2.45) is 0 Å². The van der Waals surface area contributed by atoms with Crippen LogP contribution in [0.2, 0.25) is 10.0 Å². The summed E-state index contributed by atoms with van der Waals surface area (Å²) in [4.78, 5) is 28.5. The minimum Gasteiger partial charge on any atom is -0.465 e. The van der Waals surface area contributed by atoms with Crippen molar-refractivity contribution >= 4 is 57.4 Å². The van der Waals surface area contributed by atoms with Gasteiger partial charge in [-0.2, -0.15) is 0 Å². The Morgan fingerprint density at radius 3 is 2.61 bits per heavy atom. The number of nitrogens with zero attached hydrogens (tertiary/aromatic N) is 1. The first kappa shape index (κ1) is 27.8. The van der Waals surface area contributed by atoms with Gasteiger partial charge in [0.1, 0.15) is 35.7 Å². The molecular formula is C25H25Cl2N3O8. The Balaban J connectivity index is 1.68. The third-order valence-corrected chi connectivity index (χ3v) is 6.74. The SMILES string of the molecule is COC(=O)c1cnc2c(Cl)c(Cl)ccc2c1Nc1cccc(O[C@@H]2O[C@H](CO)[C@H](O)[C@@H](O)[C@H]2NC(C)=O)c1. The van der Waals surface area contributed by atoms with Crippen LogP contribution in [0.4, 0.5) is 11.4 Å². The van der Waals surface area contributed by atoms with Crippen molar-refractivity contribution in [3.63, 3.8) is 0 Å². The predicted octanol–water partition coefficient (Wildman–Crippen LogP) is 2.39. The van der Waals surface area contributed by atoms with Crippen molar-refractivity contribution in [3.05, 3.63) is 58.2 Å². The third-order valence-electron chi connectivity index (χ3n) is 5.94. The smallest absolute Gasteiger partial charge is 0.341 e. The number of halogens is 2. The highest BCUT2D eigenvalue weighted by molar-refractivity contribution is 6.45. The maximum atomic E-state index is 12.5. The van der Waals surface area contributed by atoms with E-state index in [-0.39, 0.29) is 16.3 Å². The first-order valence-electron chi connectivity index (χ1n) is 11.4. The fourth-order valence-corrected chi connectivity index (χ4v) is 4.47. The van der Waals surface area contributed by atoms with Gasteiger partial charge < -0.3 is 40.2 Å². The van der Waals surface area contributed by atoms with Gasteiger partial charge in [-0.3, -0.25) is 9.78 Å². The highest BCUT2D eigenvalue weighted by Crippen LogP contribution is 2.37. The molecule has 38 heavy (non-hydrogen) atoms. The van der Waals surface area contributed by atoms with E-state index in [9.17, 15) is 24.9 Å². The van der Waals surface area contributed by atoms with Crippen molar-refractivity contribution < 1.29 is 39.1 Å². The van der Waals surface area contributed by atoms with Crippen LogP contribution in [0.3, 0.4) is 0 Å². The largest absolute Gasteiger partial charge is 0.465 e. The van der Waals surface area contributed by atoms with E-state index in [1.807, 2.05) is 0 Å². The molecule has 0 radical (unpaired) electrons. The molecular weight excluding hydrogens is 541 g/mol. The molecule has 5 atom stereocenters. The molecule has 2 aromatic carbocycles. The summed E-state index contributed by atoms with van der Waals surface area (Å²) >= 11 is 12.5. The summed E-state index contributed by atoms with van der Waals surface area (Å²) in [5, 5.41) is 37.0. The van der Waals surface area contributed by atoms with Gasteiger partial charge in [-0.1, -0.05) is 29.3 Å². The van der Waals surface area contributed by atoms with Crippen LogP contribution in [0, 0.1) is 0 Å². The van der Waals surface area contributed by atoms with E-state index in [2.05, 4.69) is 15.6 Å². The van der Waals surface area contributed by atoms with Gasteiger partial charge >= 0.3 is 5.97 Å². The minimum absolute atomic E-state index is 0.147.